The summed E-state index contributed by atoms with van der Waals surface area (Å²) >= 11 is 0. The zero-order valence-electron chi connectivity index (χ0n) is 12.7. The first-order valence-corrected chi connectivity index (χ1v) is 6.96. The summed E-state index contributed by atoms with van der Waals surface area (Å²) in [6.45, 7) is 9.48. The Labute approximate surface area is 116 Å². The molecule has 5 nitrogen and oxygen atoms in total. The highest BCUT2D eigenvalue weighted by Crippen LogP contribution is 2.09. The van der Waals surface area contributed by atoms with E-state index in [-0.39, 0.29) is 0 Å². The summed E-state index contributed by atoms with van der Waals surface area (Å²) in [5.74, 6) is -0.399. The lowest BCUT2D eigenvalue weighted by atomic mass is 10.1. The van der Waals surface area contributed by atoms with E-state index in [9.17, 15) is 9.59 Å². The fraction of sp³-hybridized carbons (Fsp3) is 0.857. The minimum Gasteiger partial charge on any atom is -0.464 e. The SMILES string of the molecule is CCCCC[C@@H](NC(=O)OC(C)(C)C)C(=O)OCC. The third-order valence-corrected chi connectivity index (χ3v) is 2.36. The fourth-order valence-corrected chi connectivity index (χ4v) is 1.54. The van der Waals surface area contributed by atoms with Crippen LogP contribution >= 0.6 is 0 Å². The smallest absolute Gasteiger partial charge is 0.408 e. The van der Waals surface area contributed by atoms with E-state index in [1.807, 2.05) is 0 Å². The highest BCUT2D eigenvalue weighted by molar-refractivity contribution is 5.81. The molecule has 1 N–H and O–H groups in total. The number of hydrogen-bond donors (Lipinski definition) is 1. The Morgan fingerprint density at radius 2 is 1.79 bits per heavy atom. The van der Waals surface area contributed by atoms with Crippen molar-refractivity contribution in [2.75, 3.05) is 6.61 Å². The zero-order valence-corrected chi connectivity index (χ0v) is 12.7. The maximum absolute atomic E-state index is 11.7. The summed E-state index contributed by atoms with van der Waals surface area (Å²) in [6, 6.07) is -0.624. The van der Waals surface area contributed by atoms with Gasteiger partial charge < -0.3 is 14.8 Å². The van der Waals surface area contributed by atoms with E-state index in [1.165, 1.54) is 0 Å². The van der Waals surface area contributed by atoms with E-state index in [1.54, 1.807) is 27.7 Å². The molecule has 0 radical (unpaired) electrons. The molecule has 0 rings (SSSR count). The molecule has 0 aromatic carbocycles. The van der Waals surface area contributed by atoms with E-state index < -0.39 is 23.7 Å². The predicted molar refractivity (Wildman–Crippen MR) is 73.9 cm³/mol. The first kappa shape index (κ1) is 17.7. The summed E-state index contributed by atoms with van der Waals surface area (Å²) in [5, 5.41) is 2.58. The summed E-state index contributed by atoms with van der Waals surface area (Å²) < 4.78 is 10.1. The highest BCUT2D eigenvalue weighted by atomic mass is 16.6. The predicted octanol–water partition coefficient (Wildman–Crippen LogP) is 3.02. The second kappa shape index (κ2) is 8.77. The molecule has 0 saturated carbocycles. The summed E-state index contributed by atoms with van der Waals surface area (Å²) in [4.78, 5) is 23.4. The molecule has 0 aliphatic carbocycles. The fourth-order valence-electron chi connectivity index (χ4n) is 1.54. The Morgan fingerprint density at radius 1 is 1.16 bits per heavy atom. The van der Waals surface area contributed by atoms with Gasteiger partial charge in [-0.1, -0.05) is 26.2 Å². The molecule has 5 heteroatoms. The molecule has 0 spiro atoms. The summed E-state index contributed by atoms with van der Waals surface area (Å²) in [6.07, 6.45) is 2.94. The Balaban J connectivity index is 4.39. The van der Waals surface area contributed by atoms with Crippen LogP contribution in [-0.2, 0) is 14.3 Å². The summed E-state index contributed by atoms with van der Waals surface area (Å²) in [5.41, 5.74) is -0.577. The average molecular weight is 273 g/mol. The van der Waals surface area contributed by atoms with E-state index in [2.05, 4.69) is 12.2 Å². The molecule has 0 saturated heterocycles. The van der Waals surface area contributed by atoms with Crippen molar-refractivity contribution in [1.82, 2.24) is 5.32 Å². The van der Waals surface area contributed by atoms with Gasteiger partial charge in [-0.2, -0.15) is 0 Å². The van der Waals surface area contributed by atoms with E-state index in [0.717, 1.165) is 19.3 Å². The van der Waals surface area contributed by atoms with Gasteiger partial charge in [0.15, 0.2) is 0 Å². The average Bonchev–Trinajstić information content (AvgIpc) is 2.25. The van der Waals surface area contributed by atoms with Crippen molar-refractivity contribution in [3.63, 3.8) is 0 Å². The van der Waals surface area contributed by atoms with Gasteiger partial charge in [-0.15, -0.1) is 0 Å². The van der Waals surface area contributed by atoms with Crippen molar-refractivity contribution in [2.45, 2.75) is 71.9 Å². The Bertz CT molecular complexity index is 284. The van der Waals surface area contributed by atoms with Crippen LogP contribution in [0.2, 0.25) is 0 Å². The van der Waals surface area contributed by atoms with Crippen LogP contribution < -0.4 is 5.32 Å². The Kier molecular flexibility index (Phi) is 8.19. The number of hydrogen-bond acceptors (Lipinski definition) is 4. The van der Waals surface area contributed by atoms with Crippen molar-refractivity contribution in [3.8, 4) is 0 Å². The minimum atomic E-state index is -0.624. The van der Waals surface area contributed by atoms with Crippen LogP contribution in [0.4, 0.5) is 4.79 Å². The van der Waals surface area contributed by atoms with E-state index in [4.69, 9.17) is 9.47 Å². The number of carbonyl (C=O) groups excluding carboxylic acids is 2. The second-order valence-corrected chi connectivity index (χ2v) is 5.45. The van der Waals surface area contributed by atoms with E-state index >= 15 is 0 Å². The monoisotopic (exact) mass is 273 g/mol. The largest absolute Gasteiger partial charge is 0.464 e. The van der Waals surface area contributed by atoms with Crippen molar-refractivity contribution >= 4 is 12.1 Å². The van der Waals surface area contributed by atoms with Gasteiger partial charge in [-0.25, -0.2) is 9.59 Å². The van der Waals surface area contributed by atoms with Gasteiger partial charge >= 0.3 is 12.1 Å². The van der Waals surface area contributed by atoms with Crippen LogP contribution in [0.1, 0.15) is 60.3 Å². The normalized spacial score (nSPS) is 12.7. The highest BCUT2D eigenvalue weighted by Gasteiger charge is 2.24. The molecule has 0 aliphatic rings. The minimum absolute atomic E-state index is 0.305. The number of rotatable bonds is 7. The molecule has 0 fully saturated rings. The van der Waals surface area contributed by atoms with Crippen LogP contribution in [0.3, 0.4) is 0 Å². The van der Waals surface area contributed by atoms with Crippen molar-refractivity contribution in [1.29, 1.82) is 0 Å². The number of amides is 1. The zero-order chi connectivity index (χ0) is 14.9. The Morgan fingerprint density at radius 3 is 2.26 bits per heavy atom. The molecule has 0 bridgehead atoms. The molecule has 19 heavy (non-hydrogen) atoms. The molecule has 0 aromatic rings. The standard InChI is InChI=1S/C14H27NO4/c1-6-8-9-10-11(12(16)18-7-2)15-13(17)19-14(3,4)5/h11H,6-10H2,1-5H3,(H,15,17)/t11-/m1/s1. The van der Waals surface area contributed by atoms with Gasteiger partial charge in [-0.05, 0) is 34.1 Å². The van der Waals surface area contributed by atoms with Crippen LogP contribution in [0.5, 0.6) is 0 Å². The van der Waals surface area contributed by atoms with Gasteiger partial charge in [-0.3, -0.25) is 0 Å². The summed E-state index contributed by atoms with van der Waals surface area (Å²) in [7, 11) is 0. The van der Waals surface area contributed by atoms with E-state index in [0.29, 0.717) is 13.0 Å². The molecular formula is C14H27NO4. The number of ether oxygens (including phenoxy) is 2. The van der Waals surface area contributed by atoms with Crippen LogP contribution in [-0.4, -0.2) is 30.3 Å². The first-order chi connectivity index (χ1) is 8.80. The number of unbranched alkanes of at least 4 members (excludes halogenated alkanes) is 2. The van der Waals surface area contributed by atoms with Gasteiger partial charge in [0.2, 0.25) is 0 Å². The van der Waals surface area contributed by atoms with Crippen molar-refractivity contribution < 1.29 is 19.1 Å². The Hall–Kier alpha value is -1.26. The maximum atomic E-state index is 11.7. The molecule has 112 valence electrons. The quantitative estimate of drug-likeness (QED) is 0.572. The first-order valence-electron chi connectivity index (χ1n) is 6.96. The molecule has 1 amide bonds. The molecule has 0 unspecified atom stereocenters. The van der Waals surface area contributed by atoms with Crippen molar-refractivity contribution in [3.05, 3.63) is 0 Å². The van der Waals surface area contributed by atoms with Crippen LogP contribution in [0, 0.1) is 0 Å². The lowest BCUT2D eigenvalue weighted by Gasteiger charge is -2.22. The number of esters is 1. The third-order valence-electron chi connectivity index (χ3n) is 2.36. The number of alkyl carbamates (subject to hydrolysis) is 1. The third kappa shape index (κ3) is 9.33. The molecular weight excluding hydrogens is 246 g/mol. The molecule has 0 aromatic heterocycles. The maximum Gasteiger partial charge on any atom is 0.408 e. The van der Waals surface area contributed by atoms with Gasteiger partial charge in [0.25, 0.3) is 0 Å². The van der Waals surface area contributed by atoms with Gasteiger partial charge in [0.05, 0.1) is 6.61 Å². The van der Waals surface area contributed by atoms with Gasteiger partial charge in [0.1, 0.15) is 11.6 Å². The van der Waals surface area contributed by atoms with Crippen LogP contribution in [0.15, 0.2) is 0 Å². The topological polar surface area (TPSA) is 64.6 Å². The lowest BCUT2D eigenvalue weighted by Crippen LogP contribution is -2.44. The number of carbonyl (C=O) groups is 2. The van der Waals surface area contributed by atoms with Crippen molar-refractivity contribution in [2.24, 2.45) is 0 Å². The molecule has 1 atom stereocenters. The second-order valence-electron chi connectivity index (χ2n) is 5.45. The lowest BCUT2D eigenvalue weighted by molar-refractivity contribution is -0.145. The number of nitrogens with one attached hydrogen (secondary N) is 1. The molecule has 0 heterocycles. The van der Waals surface area contributed by atoms with Gasteiger partial charge in [0, 0.05) is 0 Å². The van der Waals surface area contributed by atoms with Crippen LogP contribution in [0.25, 0.3) is 0 Å². The molecule has 0 aliphatic heterocycles.